The summed E-state index contributed by atoms with van der Waals surface area (Å²) < 4.78 is 27.3. The molecule has 100 valence electrons. The molecule has 1 aromatic rings. The van der Waals surface area contributed by atoms with Gasteiger partial charge in [-0.3, -0.25) is 0 Å². The molecule has 2 unspecified atom stereocenters. The van der Waals surface area contributed by atoms with Crippen molar-refractivity contribution in [2.24, 2.45) is 5.92 Å². The number of hydrogen-bond donors (Lipinski definition) is 1. The van der Waals surface area contributed by atoms with E-state index < -0.39 is 10.0 Å². The van der Waals surface area contributed by atoms with Crippen LogP contribution in [0.4, 0.5) is 0 Å². The Balaban J connectivity index is 2.17. The number of nitrogens with one attached hydrogen (secondary N) is 1. The van der Waals surface area contributed by atoms with E-state index in [2.05, 4.69) is 11.6 Å². The zero-order chi connectivity index (χ0) is 13.3. The normalized spacial score (nSPS) is 24.4. The molecule has 18 heavy (non-hydrogen) atoms. The van der Waals surface area contributed by atoms with Crippen molar-refractivity contribution in [3.8, 4) is 0 Å². The topological polar surface area (TPSA) is 46.2 Å². The SMILES string of the molecule is Cc1ccc(S(=O)(=O)NC2CCC(C)C2)cc1C. The van der Waals surface area contributed by atoms with Gasteiger partial charge in [-0.2, -0.15) is 0 Å². The van der Waals surface area contributed by atoms with Crippen molar-refractivity contribution in [3.05, 3.63) is 29.3 Å². The van der Waals surface area contributed by atoms with Crippen molar-refractivity contribution in [2.75, 3.05) is 0 Å². The Bertz CT molecular complexity index is 537. The van der Waals surface area contributed by atoms with E-state index in [1.807, 2.05) is 19.9 Å². The van der Waals surface area contributed by atoms with Gasteiger partial charge in [0, 0.05) is 6.04 Å². The molecular weight excluding hydrogens is 246 g/mol. The van der Waals surface area contributed by atoms with Gasteiger partial charge in [0.15, 0.2) is 0 Å². The van der Waals surface area contributed by atoms with Gasteiger partial charge >= 0.3 is 0 Å². The highest BCUT2D eigenvalue weighted by atomic mass is 32.2. The van der Waals surface area contributed by atoms with Crippen molar-refractivity contribution >= 4 is 10.0 Å². The second kappa shape index (κ2) is 5.02. The summed E-state index contributed by atoms with van der Waals surface area (Å²) in [6.45, 7) is 6.09. The number of aryl methyl sites for hydroxylation is 2. The highest BCUT2D eigenvalue weighted by Crippen LogP contribution is 2.26. The molecule has 2 atom stereocenters. The first kappa shape index (κ1) is 13.6. The molecule has 1 aromatic carbocycles. The van der Waals surface area contributed by atoms with Crippen molar-refractivity contribution in [1.82, 2.24) is 4.72 Å². The monoisotopic (exact) mass is 267 g/mol. The largest absolute Gasteiger partial charge is 0.240 e. The Kier molecular flexibility index (Phi) is 3.78. The average Bonchev–Trinajstić information content (AvgIpc) is 2.67. The van der Waals surface area contributed by atoms with Crippen LogP contribution >= 0.6 is 0 Å². The lowest BCUT2D eigenvalue weighted by molar-refractivity contribution is 0.538. The number of benzene rings is 1. The first-order chi connectivity index (χ1) is 8.38. The maximum atomic E-state index is 12.2. The van der Waals surface area contributed by atoms with E-state index >= 15 is 0 Å². The van der Waals surface area contributed by atoms with Gasteiger partial charge in [0.2, 0.25) is 10.0 Å². The Morgan fingerprint density at radius 3 is 2.44 bits per heavy atom. The smallest absolute Gasteiger partial charge is 0.208 e. The van der Waals surface area contributed by atoms with Gasteiger partial charge in [-0.1, -0.05) is 13.0 Å². The van der Waals surface area contributed by atoms with Gasteiger partial charge in [0.05, 0.1) is 4.90 Å². The van der Waals surface area contributed by atoms with Crippen LogP contribution < -0.4 is 4.72 Å². The van der Waals surface area contributed by atoms with Crippen LogP contribution in [0.2, 0.25) is 0 Å². The van der Waals surface area contributed by atoms with Crippen LogP contribution in [-0.4, -0.2) is 14.5 Å². The molecule has 0 aromatic heterocycles. The molecule has 1 fully saturated rings. The first-order valence-electron chi connectivity index (χ1n) is 6.48. The third-order valence-electron chi connectivity index (χ3n) is 3.81. The van der Waals surface area contributed by atoms with Crippen LogP contribution in [0, 0.1) is 19.8 Å². The van der Waals surface area contributed by atoms with E-state index in [1.165, 1.54) is 0 Å². The van der Waals surface area contributed by atoms with Crippen LogP contribution in [0.5, 0.6) is 0 Å². The summed E-state index contributed by atoms with van der Waals surface area (Å²) in [5.41, 5.74) is 2.13. The molecular formula is C14H21NO2S. The van der Waals surface area contributed by atoms with Crippen LogP contribution in [0.15, 0.2) is 23.1 Å². The van der Waals surface area contributed by atoms with E-state index in [9.17, 15) is 8.42 Å². The third-order valence-corrected chi connectivity index (χ3v) is 5.32. The fourth-order valence-electron chi connectivity index (χ4n) is 2.48. The molecule has 0 radical (unpaired) electrons. The molecule has 1 N–H and O–H groups in total. The molecule has 1 aliphatic rings. The second-order valence-corrected chi connectivity index (χ2v) is 7.20. The highest BCUT2D eigenvalue weighted by Gasteiger charge is 2.26. The summed E-state index contributed by atoms with van der Waals surface area (Å²) in [5, 5.41) is 0. The Morgan fingerprint density at radius 2 is 1.89 bits per heavy atom. The van der Waals surface area contributed by atoms with E-state index in [0.29, 0.717) is 10.8 Å². The van der Waals surface area contributed by atoms with Crippen LogP contribution in [-0.2, 0) is 10.0 Å². The summed E-state index contributed by atoms with van der Waals surface area (Å²) in [6.07, 6.45) is 3.01. The highest BCUT2D eigenvalue weighted by molar-refractivity contribution is 7.89. The molecule has 0 heterocycles. The van der Waals surface area contributed by atoms with Gasteiger partial charge < -0.3 is 0 Å². The minimum Gasteiger partial charge on any atom is -0.208 e. The second-order valence-electron chi connectivity index (χ2n) is 5.48. The predicted octanol–water partition coefficient (Wildman–Crippen LogP) is 2.77. The molecule has 2 rings (SSSR count). The maximum Gasteiger partial charge on any atom is 0.240 e. The first-order valence-corrected chi connectivity index (χ1v) is 7.96. The molecule has 1 saturated carbocycles. The molecule has 1 aliphatic carbocycles. The zero-order valence-corrected chi connectivity index (χ0v) is 12.0. The van der Waals surface area contributed by atoms with E-state index in [-0.39, 0.29) is 6.04 Å². The minimum atomic E-state index is -3.36. The number of sulfonamides is 1. The number of hydrogen-bond acceptors (Lipinski definition) is 2. The molecule has 0 saturated heterocycles. The summed E-state index contributed by atoms with van der Waals surface area (Å²) in [5.74, 6) is 0.623. The van der Waals surface area contributed by atoms with E-state index in [4.69, 9.17) is 0 Å². The fraction of sp³-hybridized carbons (Fsp3) is 0.571. The van der Waals surface area contributed by atoms with E-state index in [0.717, 1.165) is 30.4 Å². The Labute approximate surface area is 110 Å². The molecule has 0 spiro atoms. The van der Waals surface area contributed by atoms with Gasteiger partial charge in [0.1, 0.15) is 0 Å². The van der Waals surface area contributed by atoms with Crippen LogP contribution in [0.3, 0.4) is 0 Å². The number of rotatable bonds is 3. The van der Waals surface area contributed by atoms with Gasteiger partial charge in [0.25, 0.3) is 0 Å². The van der Waals surface area contributed by atoms with Crippen molar-refractivity contribution in [3.63, 3.8) is 0 Å². The third kappa shape index (κ3) is 2.93. The maximum absolute atomic E-state index is 12.2. The van der Waals surface area contributed by atoms with Crippen molar-refractivity contribution in [1.29, 1.82) is 0 Å². The fourth-order valence-corrected chi connectivity index (χ4v) is 3.85. The van der Waals surface area contributed by atoms with Crippen molar-refractivity contribution < 1.29 is 8.42 Å². The van der Waals surface area contributed by atoms with Gasteiger partial charge in [-0.25, -0.2) is 13.1 Å². The van der Waals surface area contributed by atoms with E-state index in [1.54, 1.807) is 12.1 Å². The summed E-state index contributed by atoms with van der Waals surface area (Å²) in [4.78, 5) is 0.380. The lowest BCUT2D eigenvalue weighted by atomic mass is 10.1. The van der Waals surface area contributed by atoms with Gasteiger partial charge in [-0.15, -0.1) is 0 Å². The van der Waals surface area contributed by atoms with Gasteiger partial charge in [-0.05, 0) is 62.3 Å². The quantitative estimate of drug-likeness (QED) is 0.915. The van der Waals surface area contributed by atoms with Crippen LogP contribution in [0.1, 0.15) is 37.3 Å². The zero-order valence-electron chi connectivity index (χ0n) is 11.2. The molecule has 0 bridgehead atoms. The predicted molar refractivity (Wildman–Crippen MR) is 73.0 cm³/mol. The molecule has 4 heteroatoms. The lowest BCUT2D eigenvalue weighted by Crippen LogP contribution is -2.33. The Morgan fingerprint density at radius 1 is 1.17 bits per heavy atom. The lowest BCUT2D eigenvalue weighted by Gasteiger charge is -2.13. The van der Waals surface area contributed by atoms with Crippen molar-refractivity contribution in [2.45, 2.75) is 51.0 Å². The molecule has 0 amide bonds. The standard InChI is InChI=1S/C14H21NO2S/c1-10-4-6-13(8-10)15-18(16,17)14-7-5-11(2)12(3)9-14/h5,7,9-10,13,15H,4,6,8H2,1-3H3. The summed E-state index contributed by atoms with van der Waals surface area (Å²) in [7, 11) is -3.36. The van der Waals surface area contributed by atoms with Crippen LogP contribution in [0.25, 0.3) is 0 Å². The molecule has 0 aliphatic heterocycles. The molecule has 3 nitrogen and oxygen atoms in total. The average molecular weight is 267 g/mol. The minimum absolute atomic E-state index is 0.103. The summed E-state index contributed by atoms with van der Waals surface area (Å²) in [6, 6.07) is 5.40. The summed E-state index contributed by atoms with van der Waals surface area (Å²) >= 11 is 0. The Hall–Kier alpha value is -0.870.